The van der Waals surface area contributed by atoms with Gasteiger partial charge in [0.1, 0.15) is 18.1 Å². The summed E-state index contributed by atoms with van der Waals surface area (Å²) in [5, 5.41) is 5.86. The SMILES string of the molecule is C=CCOc1ccccc1NC(=S)NC(=O)c1cccc(OCCc2ccccc2)c1. The van der Waals surface area contributed by atoms with Crippen LogP contribution in [0.4, 0.5) is 5.69 Å². The summed E-state index contributed by atoms with van der Waals surface area (Å²) in [6.45, 7) is 4.54. The molecule has 31 heavy (non-hydrogen) atoms. The molecule has 0 saturated heterocycles. The quantitative estimate of drug-likeness (QED) is 0.368. The zero-order chi connectivity index (χ0) is 21.9. The molecule has 0 aliphatic carbocycles. The van der Waals surface area contributed by atoms with Crippen LogP contribution < -0.4 is 20.1 Å². The van der Waals surface area contributed by atoms with E-state index in [1.165, 1.54) is 5.56 Å². The molecule has 0 fully saturated rings. The normalized spacial score (nSPS) is 10.1. The van der Waals surface area contributed by atoms with Gasteiger partial charge in [-0.2, -0.15) is 0 Å². The number of nitrogens with one attached hydrogen (secondary N) is 2. The number of para-hydroxylation sites is 2. The molecule has 0 radical (unpaired) electrons. The Balaban J connectivity index is 1.55. The average molecular weight is 433 g/mol. The Hall–Kier alpha value is -3.64. The van der Waals surface area contributed by atoms with Crippen LogP contribution in [0.15, 0.2) is 91.5 Å². The number of ether oxygens (including phenoxy) is 2. The van der Waals surface area contributed by atoms with Gasteiger partial charge in [0.05, 0.1) is 12.3 Å². The van der Waals surface area contributed by atoms with Crippen molar-refractivity contribution in [1.29, 1.82) is 0 Å². The first-order valence-corrected chi connectivity index (χ1v) is 10.3. The number of carbonyl (C=O) groups is 1. The van der Waals surface area contributed by atoms with Crippen LogP contribution in [0.5, 0.6) is 11.5 Å². The molecule has 3 aromatic carbocycles. The molecular weight excluding hydrogens is 408 g/mol. The van der Waals surface area contributed by atoms with Gasteiger partial charge in [0.15, 0.2) is 5.11 Å². The highest BCUT2D eigenvalue weighted by molar-refractivity contribution is 7.80. The summed E-state index contributed by atoms with van der Waals surface area (Å²) >= 11 is 5.29. The zero-order valence-corrected chi connectivity index (χ0v) is 17.9. The van der Waals surface area contributed by atoms with Crippen LogP contribution in [0.1, 0.15) is 15.9 Å². The summed E-state index contributed by atoms with van der Waals surface area (Å²) < 4.78 is 11.4. The fourth-order valence-corrected chi connectivity index (χ4v) is 3.03. The maximum Gasteiger partial charge on any atom is 0.257 e. The van der Waals surface area contributed by atoms with E-state index >= 15 is 0 Å². The van der Waals surface area contributed by atoms with Crippen LogP contribution in [-0.2, 0) is 6.42 Å². The van der Waals surface area contributed by atoms with E-state index < -0.39 is 0 Å². The Labute approximate surface area is 187 Å². The van der Waals surface area contributed by atoms with Crippen LogP contribution in [0, 0.1) is 0 Å². The Morgan fingerprint density at radius 1 is 0.968 bits per heavy atom. The molecule has 0 saturated carbocycles. The third-order valence-electron chi connectivity index (χ3n) is 4.32. The molecule has 0 aromatic heterocycles. The van der Waals surface area contributed by atoms with Crippen LogP contribution in [0.3, 0.4) is 0 Å². The highest BCUT2D eigenvalue weighted by atomic mass is 32.1. The summed E-state index contributed by atoms with van der Waals surface area (Å²) in [4.78, 5) is 12.6. The lowest BCUT2D eigenvalue weighted by Gasteiger charge is -2.14. The van der Waals surface area contributed by atoms with Crippen molar-refractivity contribution in [1.82, 2.24) is 5.32 Å². The number of benzene rings is 3. The van der Waals surface area contributed by atoms with Gasteiger partial charge in [-0.05, 0) is 48.1 Å². The molecule has 6 heteroatoms. The predicted molar refractivity (Wildman–Crippen MR) is 128 cm³/mol. The molecule has 3 rings (SSSR count). The summed E-state index contributed by atoms with van der Waals surface area (Å²) in [5.74, 6) is 0.925. The smallest absolute Gasteiger partial charge is 0.257 e. The van der Waals surface area contributed by atoms with Crippen LogP contribution >= 0.6 is 12.2 Å². The van der Waals surface area contributed by atoms with Crippen LogP contribution in [0.25, 0.3) is 0 Å². The first-order chi connectivity index (χ1) is 15.2. The summed E-state index contributed by atoms with van der Waals surface area (Å²) in [7, 11) is 0. The van der Waals surface area contributed by atoms with Gasteiger partial charge >= 0.3 is 0 Å². The van der Waals surface area contributed by atoms with Crippen molar-refractivity contribution < 1.29 is 14.3 Å². The molecule has 0 aliphatic rings. The Morgan fingerprint density at radius 2 is 1.74 bits per heavy atom. The lowest BCUT2D eigenvalue weighted by Crippen LogP contribution is -2.34. The second-order valence-electron chi connectivity index (χ2n) is 6.62. The van der Waals surface area contributed by atoms with Gasteiger partial charge in [-0.25, -0.2) is 0 Å². The monoisotopic (exact) mass is 432 g/mol. The molecule has 1 amide bonds. The maximum absolute atomic E-state index is 12.6. The molecule has 5 nitrogen and oxygen atoms in total. The fourth-order valence-electron chi connectivity index (χ4n) is 2.83. The number of rotatable bonds is 9. The van der Waals surface area contributed by atoms with E-state index in [9.17, 15) is 4.79 Å². The molecule has 0 aliphatic heterocycles. The Morgan fingerprint density at radius 3 is 2.55 bits per heavy atom. The van der Waals surface area contributed by atoms with Crippen molar-refractivity contribution in [3.05, 3.63) is 103 Å². The number of amides is 1. The van der Waals surface area contributed by atoms with Gasteiger partial charge in [-0.3, -0.25) is 10.1 Å². The average Bonchev–Trinajstić information content (AvgIpc) is 2.79. The Kier molecular flexibility index (Phi) is 8.20. The summed E-state index contributed by atoms with van der Waals surface area (Å²) in [5.41, 5.74) is 2.32. The predicted octanol–water partition coefficient (Wildman–Crippen LogP) is 5.00. The van der Waals surface area contributed by atoms with Gasteiger partial charge < -0.3 is 14.8 Å². The molecule has 158 valence electrons. The third-order valence-corrected chi connectivity index (χ3v) is 4.52. The lowest BCUT2D eigenvalue weighted by molar-refractivity contribution is 0.0977. The minimum Gasteiger partial charge on any atom is -0.493 e. The van der Waals surface area contributed by atoms with Crippen molar-refractivity contribution in [2.75, 3.05) is 18.5 Å². The van der Waals surface area contributed by atoms with Crippen molar-refractivity contribution in [3.63, 3.8) is 0 Å². The zero-order valence-electron chi connectivity index (χ0n) is 17.0. The first kappa shape index (κ1) is 22.1. The molecule has 0 bridgehead atoms. The standard InChI is InChI=1S/C25H24N2O3S/c1-2-16-30-23-14-7-6-13-22(23)26-25(31)27-24(28)20-11-8-12-21(18-20)29-17-15-19-9-4-3-5-10-19/h2-14,18H,1,15-17H2,(H2,26,27,28,31). The third kappa shape index (κ3) is 6.97. The molecule has 0 atom stereocenters. The largest absolute Gasteiger partial charge is 0.493 e. The number of carbonyl (C=O) groups excluding carboxylic acids is 1. The minimum atomic E-state index is -0.324. The molecule has 0 spiro atoms. The molecule has 3 aromatic rings. The fraction of sp³-hybridized carbons (Fsp3) is 0.120. The number of thiocarbonyl (C=S) groups is 1. The van der Waals surface area contributed by atoms with Gasteiger partial charge in [0, 0.05) is 12.0 Å². The first-order valence-electron chi connectivity index (χ1n) is 9.87. The van der Waals surface area contributed by atoms with Crippen LogP contribution in [-0.4, -0.2) is 24.2 Å². The summed E-state index contributed by atoms with van der Waals surface area (Å²) in [6, 6.07) is 24.5. The summed E-state index contributed by atoms with van der Waals surface area (Å²) in [6.07, 6.45) is 2.45. The van der Waals surface area contributed by atoms with Crippen molar-refractivity contribution >= 4 is 28.9 Å². The van der Waals surface area contributed by atoms with E-state index in [0.717, 1.165) is 6.42 Å². The molecule has 2 N–H and O–H groups in total. The topological polar surface area (TPSA) is 59.6 Å². The molecule has 0 heterocycles. The second-order valence-corrected chi connectivity index (χ2v) is 7.02. The van der Waals surface area contributed by atoms with E-state index in [-0.39, 0.29) is 11.0 Å². The number of anilines is 1. The number of hydrogen-bond acceptors (Lipinski definition) is 4. The number of hydrogen-bond donors (Lipinski definition) is 2. The Bertz CT molecular complexity index is 1040. The van der Waals surface area contributed by atoms with Gasteiger partial charge in [-0.15, -0.1) is 0 Å². The van der Waals surface area contributed by atoms with Crippen molar-refractivity contribution in [2.24, 2.45) is 0 Å². The maximum atomic E-state index is 12.6. The molecular formula is C25H24N2O3S. The van der Waals surface area contributed by atoms with Crippen LogP contribution in [0.2, 0.25) is 0 Å². The van der Waals surface area contributed by atoms with E-state index in [4.69, 9.17) is 21.7 Å². The van der Waals surface area contributed by atoms with E-state index in [1.807, 2.05) is 48.5 Å². The molecule has 0 unspecified atom stereocenters. The van der Waals surface area contributed by atoms with E-state index in [2.05, 4.69) is 29.3 Å². The van der Waals surface area contributed by atoms with Gasteiger partial charge in [-0.1, -0.05) is 61.2 Å². The van der Waals surface area contributed by atoms with Crippen molar-refractivity contribution in [2.45, 2.75) is 6.42 Å². The highest BCUT2D eigenvalue weighted by Crippen LogP contribution is 2.23. The van der Waals surface area contributed by atoms with Gasteiger partial charge in [0.2, 0.25) is 0 Å². The van der Waals surface area contributed by atoms with Gasteiger partial charge in [0.25, 0.3) is 5.91 Å². The minimum absolute atomic E-state index is 0.176. The van der Waals surface area contributed by atoms with E-state index in [0.29, 0.717) is 36.0 Å². The highest BCUT2D eigenvalue weighted by Gasteiger charge is 2.11. The van der Waals surface area contributed by atoms with E-state index in [1.54, 1.807) is 24.3 Å². The lowest BCUT2D eigenvalue weighted by atomic mass is 10.2. The van der Waals surface area contributed by atoms with Crippen molar-refractivity contribution in [3.8, 4) is 11.5 Å². The second kappa shape index (κ2) is 11.5.